The van der Waals surface area contributed by atoms with Crippen LogP contribution in [0.4, 0.5) is 4.79 Å². The second-order valence-corrected chi connectivity index (χ2v) is 7.08. The molecule has 2 fully saturated rings. The van der Waals surface area contributed by atoms with Crippen LogP contribution in [0.1, 0.15) is 24.1 Å². The van der Waals surface area contributed by atoms with E-state index in [9.17, 15) is 15.0 Å². The number of aliphatic hydroxyl groups is 2. The van der Waals surface area contributed by atoms with Gasteiger partial charge in [-0.2, -0.15) is 0 Å². The maximum absolute atomic E-state index is 12.1. The first-order chi connectivity index (χ1) is 10.1. The Morgan fingerprint density at radius 1 is 1.38 bits per heavy atom. The van der Waals surface area contributed by atoms with Crippen molar-refractivity contribution in [3.8, 4) is 0 Å². The molecule has 2 aliphatic rings. The average Bonchev–Trinajstić information content (AvgIpc) is 3.01. The molecule has 3 N–H and O–H groups in total. The fraction of sp³-hybridized carbons (Fsp3) is 0.667. The van der Waals surface area contributed by atoms with Gasteiger partial charge in [-0.05, 0) is 30.7 Å². The van der Waals surface area contributed by atoms with E-state index in [1.165, 1.54) is 4.88 Å². The lowest BCUT2D eigenvalue weighted by molar-refractivity contribution is -0.186. The minimum atomic E-state index is -0.406. The van der Waals surface area contributed by atoms with Crippen LogP contribution in [0.2, 0.25) is 0 Å². The lowest BCUT2D eigenvalue weighted by atomic mass is 9.58. The first kappa shape index (κ1) is 14.8. The number of hydrogen-bond acceptors (Lipinski definition) is 4. The van der Waals surface area contributed by atoms with Crippen LogP contribution < -0.4 is 5.32 Å². The summed E-state index contributed by atoms with van der Waals surface area (Å²) in [7, 11) is 0. The zero-order valence-corrected chi connectivity index (χ0v) is 12.8. The van der Waals surface area contributed by atoms with Gasteiger partial charge in [-0.25, -0.2) is 4.79 Å². The first-order valence-electron chi connectivity index (χ1n) is 7.53. The van der Waals surface area contributed by atoms with E-state index < -0.39 is 12.2 Å². The summed E-state index contributed by atoms with van der Waals surface area (Å²) in [5, 5.41) is 24.8. The predicted molar refractivity (Wildman–Crippen MR) is 81.3 cm³/mol. The highest BCUT2D eigenvalue weighted by atomic mass is 32.1. The molecule has 2 atom stereocenters. The highest BCUT2D eigenvalue weighted by Crippen LogP contribution is 2.49. The predicted octanol–water partition coefficient (Wildman–Crippen LogP) is 1.21. The van der Waals surface area contributed by atoms with Crippen LogP contribution in [0, 0.1) is 5.41 Å². The van der Waals surface area contributed by atoms with Gasteiger partial charge in [0.2, 0.25) is 0 Å². The molecule has 1 aliphatic carbocycles. The average molecular weight is 310 g/mol. The zero-order chi connectivity index (χ0) is 14.9. The van der Waals surface area contributed by atoms with Gasteiger partial charge in [0.15, 0.2) is 0 Å². The molecule has 0 unspecified atom stereocenters. The van der Waals surface area contributed by atoms with Gasteiger partial charge in [0, 0.05) is 36.3 Å². The van der Waals surface area contributed by atoms with Crippen LogP contribution in [0.5, 0.6) is 0 Å². The Hall–Kier alpha value is -1.11. The number of hydrogen-bond donors (Lipinski definition) is 3. The third-order valence-corrected chi connectivity index (χ3v) is 5.92. The molecule has 0 aromatic carbocycles. The van der Waals surface area contributed by atoms with Crippen LogP contribution in [0.15, 0.2) is 17.5 Å². The third-order valence-electron chi connectivity index (χ3n) is 4.98. The van der Waals surface area contributed by atoms with E-state index in [1.54, 1.807) is 16.2 Å². The number of carbonyl (C=O) groups excluding carboxylic acids is 1. The van der Waals surface area contributed by atoms with Gasteiger partial charge in [0.1, 0.15) is 0 Å². The Balaban J connectivity index is 1.43. The summed E-state index contributed by atoms with van der Waals surface area (Å²) in [5.74, 6) is 0. The number of nitrogens with one attached hydrogen (secondary N) is 1. The molecule has 0 radical (unpaired) electrons. The van der Waals surface area contributed by atoms with Crippen LogP contribution in [-0.4, -0.2) is 53.0 Å². The number of nitrogens with zero attached hydrogens (tertiary/aromatic N) is 1. The Bertz CT molecular complexity index is 473. The molecule has 1 saturated heterocycles. The lowest BCUT2D eigenvalue weighted by Gasteiger charge is -2.54. The quantitative estimate of drug-likeness (QED) is 0.786. The van der Waals surface area contributed by atoms with Crippen LogP contribution in [-0.2, 0) is 6.42 Å². The summed E-state index contributed by atoms with van der Waals surface area (Å²) < 4.78 is 0. The van der Waals surface area contributed by atoms with Crippen LogP contribution >= 0.6 is 11.3 Å². The normalized spacial score (nSPS) is 27.4. The molecule has 1 spiro atoms. The molecule has 0 bridgehead atoms. The van der Waals surface area contributed by atoms with Gasteiger partial charge in [-0.3, -0.25) is 0 Å². The molecule has 1 saturated carbocycles. The lowest BCUT2D eigenvalue weighted by Crippen LogP contribution is -2.62. The van der Waals surface area contributed by atoms with E-state index in [0.29, 0.717) is 38.9 Å². The van der Waals surface area contributed by atoms with Gasteiger partial charge in [-0.1, -0.05) is 6.07 Å². The van der Waals surface area contributed by atoms with E-state index in [-0.39, 0.29) is 11.4 Å². The van der Waals surface area contributed by atoms with Gasteiger partial charge in [0.25, 0.3) is 0 Å². The Morgan fingerprint density at radius 3 is 2.67 bits per heavy atom. The molecule has 1 aromatic heterocycles. The fourth-order valence-electron chi connectivity index (χ4n) is 3.39. The standard InChI is InChI=1S/C15H22N2O3S/c18-12-10-13(19)15(12)4-7-17(8-5-15)14(20)16-6-3-11-2-1-9-21-11/h1-2,9,12-13,18-19H,3-8,10H2,(H,16,20)/t12-,13+. The minimum absolute atomic E-state index is 0.0373. The summed E-state index contributed by atoms with van der Waals surface area (Å²) >= 11 is 1.70. The van der Waals surface area contributed by atoms with Crippen molar-refractivity contribution in [2.75, 3.05) is 19.6 Å². The molecule has 1 aromatic rings. The molecular weight excluding hydrogens is 288 g/mol. The number of thiophene rings is 1. The van der Waals surface area contributed by atoms with E-state index in [1.807, 2.05) is 11.4 Å². The van der Waals surface area contributed by atoms with Crippen molar-refractivity contribution in [1.82, 2.24) is 10.2 Å². The van der Waals surface area contributed by atoms with E-state index in [0.717, 1.165) is 6.42 Å². The smallest absolute Gasteiger partial charge is 0.317 e. The molecule has 21 heavy (non-hydrogen) atoms. The second kappa shape index (κ2) is 5.94. The molecule has 116 valence electrons. The monoisotopic (exact) mass is 310 g/mol. The number of carbonyl (C=O) groups is 1. The van der Waals surface area contributed by atoms with Gasteiger partial charge < -0.3 is 20.4 Å². The number of likely N-dealkylation sites (tertiary alicyclic amines) is 1. The number of urea groups is 1. The van der Waals surface area contributed by atoms with Crippen molar-refractivity contribution in [2.24, 2.45) is 5.41 Å². The number of aliphatic hydroxyl groups excluding tert-OH is 2. The molecule has 6 heteroatoms. The Kier molecular flexibility index (Phi) is 4.19. The molecular formula is C15H22N2O3S. The fourth-order valence-corrected chi connectivity index (χ4v) is 4.10. The maximum Gasteiger partial charge on any atom is 0.317 e. The molecule has 2 heterocycles. The minimum Gasteiger partial charge on any atom is -0.392 e. The Morgan fingerprint density at radius 2 is 2.10 bits per heavy atom. The Labute approximate surface area is 128 Å². The SMILES string of the molecule is O=C(NCCc1cccs1)N1CCC2(CC1)[C@H](O)C[C@@H]2O. The van der Waals surface area contributed by atoms with Crippen molar-refractivity contribution >= 4 is 17.4 Å². The van der Waals surface area contributed by atoms with Crippen molar-refractivity contribution in [3.05, 3.63) is 22.4 Å². The summed E-state index contributed by atoms with van der Waals surface area (Å²) in [5.41, 5.74) is -0.353. The first-order valence-corrected chi connectivity index (χ1v) is 8.41. The van der Waals surface area contributed by atoms with E-state index in [4.69, 9.17) is 0 Å². The highest BCUT2D eigenvalue weighted by molar-refractivity contribution is 7.09. The topological polar surface area (TPSA) is 72.8 Å². The van der Waals surface area contributed by atoms with Gasteiger partial charge in [-0.15, -0.1) is 11.3 Å². The molecule has 5 nitrogen and oxygen atoms in total. The van der Waals surface area contributed by atoms with Crippen molar-refractivity contribution in [2.45, 2.75) is 37.9 Å². The van der Waals surface area contributed by atoms with E-state index in [2.05, 4.69) is 11.4 Å². The summed E-state index contributed by atoms with van der Waals surface area (Å²) in [4.78, 5) is 15.2. The highest BCUT2D eigenvalue weighted by Gasteiger charge is 2.55. The maximum atomic E-state index is 12.1. The number of amides is 2. The van der Waals surface area contributed by atoms with E-state index >= 15 is 0 Å². The molecule has 1 aliphatic heterocycles. The van der Waals surface area contributed by atoms with Crippen LogP contribution in [0.3, 0.4) is 0 Å². The zero-order valence-electron chi connectivity index (χ0n) is 12.0. The molecule has 2 amide bonds. The van der Waals surface area contributed by atoms with Gasteiger partial charge >= 0.3 is 6.03 Å². The van der Waals surface area contributed by atoms with Crippen LogP contribution in [0.25, 0.3) is 0 Å². The van der Waals surface area contributed by atoms with Gasteiger partial charge in [0.05, 0.1) is 12.2 Å². The third kappa shape index (κ3) is 2.80. The summed E-state index contributed by atoms with van der Waals surface area (Å²) in [6, 6.07) is 4.05. The number of rotatable bonds is 3. The van der Waals surface area contributed by atoms with Crippen molar-refractivity contribution < 1.29 is 15.0 Å². The summed E-state index contributed by atoms with van der Waals surface area (Å²) in [6.45, 7) is 1.87. The second-order valence-electron chi connectivity index (χ2n) is 6.05. The summed E-state index contributed by atoms with van der Waals surface area (Å²) in [6.07, 6.45) is 1.90. The van der Waals surface area contributed by atoms with Crippen molar-refractivity contribution in [1.29, 1.82) is 0 Å². The number of piperidine rings is 1. The molecule has 3 rings (SSSR count). The van der Waals surface area contributed by atoms with Crippen molar-refractivity contribution in [3.63, 3.8) is 0 Å². The largest absolute Gasteiger partial charge is 0.392 e.